The van der Waals surface area contributed by atoms with Gasteiger partial charge in [0.1, 0.15) is 0 Å². The Balaban J connectivity index is 0.00000225. The van der Waals surface area contributed by atoms with Crippen molar-refractivity contribution < 1.29 is 25.8 Å². The molecule has 0 unspecified atom stereocenters. The van der Waals surface area contributed by atoms with Gasteiger partial charge in [0.15, 0.2) is 0 Å². The van der Waals surface area contributed by atoms with Gasteiger partial charge in [0.25, 0.3) is 0 Å². The van der Waals surface area contributed by atoms with E-state index in [4.69, 9.17) is 10.5 Å². The van der Waals surface area contributed by atoms with Crippen molar-refractivity contribution >= 4 is 0 Å². The molecule has 0 aromatic heterocycles. The minimum Gasteiger partial charge on any atom is -0.677 e. The van der Waals surface area contributed by atoms with E-state index < -0.39 is 0 Å². The minimum atomic E-state index is 0. The Bertz CT molecular complexity index is 159. The summed E-state index contributed by atoms with van der Waals surface area (Å²) in [4.78, 5) is 2.54. The molecule has 0 amide bonds. The van der Waals surface area contributed by atoms with E-state index in [1.165, 1.54) is 32.5 Å². The number of hydrogen-bond acceptors (Lipinski definition) is 2. The van der Waals surface area contributed by atoms with Crippen molar-refractivity contribution in [3.8, 4) is 0 Å². The van der Waals surface area contributed by atoms with Crippen LogP contribution in [0, 0.1) is 5.92 Å². The molecule has 1 rings (SSSR count). The minimum absolute atomic E-state index is 0. The van der Waals surface area contributed by atoms with Crippen LogP contribution in [0.5, 0.6) is 0 Å². The van der Waals surface area contributed by atoms with Gasteiger partial charge in [0, 0.05) is 47.3 Å². The molecular formula is C12H25N2OW-. The van der Waals surface area contributed by atoms with Crippen LogP contribution in [0.25, 0.3) is 5.73 Å². The molecule has 0 atom stereocenters. The van der Waals surface area contributed by atoms with Gasteiger partial charge in [-0.25, -0.2) is 0 Å². The second-order valence-corrected chi connectivity index (χ2v) is 4.87. The Hall–Kier alpha value is 0.568. The molecule has 1 aliphatic rings. The van der Waals surface area contributed by atoms with Gasteiger partial charge in [-0.05, 0) is 25.2 Å². The smallest absolute Gasteiger partial charge is 0.0599 e. The van der Waals surface area contributed by atoms with Gasteiger partial charge in [-0.3, -0.25) is 0 Å². The average Bonchev–Trinajstić information content (AvgIpc) is 2.20. The Morgan fingerprint density at radius 1 is 1.31 bits per heavy atom. The van der Waals surface area contributed by atoms with E-state index in [0.29, 0.717) is 12.6 Å². The number of ether oxygens (including phenoxy) is 1. The van der Waals surface area contributed by atoms with Crippen LogP contribution < -0.4 is 0 Å². The van der Waals surface area contributed by atoms with Crippen LogP contribution in [0.15, 0.2) is 0 Å². The molecule has 1 heterocycles. The van der Waals surface area contributed by atoms with Crippen LogP contribution in [0.4, 0.5) is 0 Å². The second-order valence-electron chi connectivity index (χ2n) is 4.87. The fraction of sp³-hybridized carbons (Fsp3) is 1.00. The van der Waals surface area contributed by atoms with Crippen molar-refractivity contribution in [3.63, 3.8) is 0 Å². The summed E-state index contributed by atoms with van der Waals surface area (Å²) >= 11 is 0. The summed E-state index contributed by atoms with van der Waals surface area (Å²) in [6.45, 7) is 9.41. The third-order valence-electron chi connectivity index (χ3n) is 2.83. The zero-order valence-corrected chi connectivity index (χ0v) is 13.5. The normalized spacial score (nSPS) is 18.8. The maximum absolute atomic E-state index is 7.04. The summed E-state index contributed by atoms with van der Waals surface area (Å²) in [5, 5.41) is 0. The monoisotopic (exact) mass is 397 g/mol. The van der Waals surface area contributed by atoms with E-state index in [1.54, 1.807) is 0 Å². The molecule has 0 aromatic carbocycles. The summed E-state index contributed by atoms with van der Waals surface area (Å²) in [6, 6.07) is 0. The Morgan fingerprint density at radius 3 is 2.44 bits per heavy atom. The SMILES string of the molecule is CC(C)CN1CCC(OCCC[NH-])CC1.[W]. The Morgan fingerprint density at radius 2 is 1.94 bits per heavy atom. The Kier molecular flexibility index (Phi) is 9.92. The Labute approximate surface area is 114 Å². The van der Waals surface area contributed by atoms with Gasteiger partial charge in [-0.1, -0.05) is 13.8 Å². The fourth-order valence-electron chi connectivity index (χ4n) is 2.10. The van der Waals surface area contributed by atoms with Crippen molar-refractivity contribution in [1.29, 1.82) is 0 Å². The summed E-state index contributed by atoms with van der Waals surface area (Å²) in [7, 11) is 0. The van der Waals surface area contributed by atoms with Crippen LogP contribution in [0.3, 0.4) is 0 Å². The van der Waals surface area contributed by atoms with Gasteiger partial charge >= 0.3 is 0 Å². The molecule has 0 aliphatic carbocycles. The second kappa shape index (κ2) is 9.58. The van der Waals surface area contributed by atoms with Crippen molar-refractivity contribution in [2.75, 3.05) is 32.8 Å². The average molecular weight is 397 g/mol. The molecular weight excluding hydrogens is 372 g/mol. The topological polar surface area (TPSA) is 36.3 Å². The summed E-state index contributed by atoms with van der Waals surface area (Å²) < 4.78 is 5.73. The molecule has 0 saturated carbocycles. The molecule has 1 fully saturated rings. The molecule has 0 aromatic rings. The molecule has 1 aliphatic heterocycles. The largest absolute Gasteiger partial charge is 0.677 e. The predicted molar refractivity (Wildman–Crippen MR) is 64.1 cm³/mol. The maximum atomic E-state index is 7.04. The molecule has 1 saturated heterocycles. The maximum Gasteiger partial charge on any atom is 0.0599 e. The van der Waals surface area contributed by atoms with Gasteiger partial charge in [0.2, 0.25) is 0 Å². The van der Waals surface area contributed by atoms with Crippen LogP contribution in [0.1, 0.15) is 33.1 Å². The number of rotatable bonds is 6. The molecule has 4 heteroatoms. The van der Waals surface area contributed by atoms with Crippen molar-refractivity contribution in [1.82, 2.24) is 4.90 Å². The van der Waals surface area contributed by atoms with Gasteiger partial charge in [-0.2, -0.15) is 0 Å². The molecule has 16 heavy (non-hydrogen) atoms. The first-order valence-corrected chi connectivity index (χ1v) is 6.21. The zero-order chi connectivity index (χ0) is 11.1. The molecule has 1 N–H and O–H groups in total. The molecule has 3 nitrogen and oxygen atoms in total. The van der Waals surface area contributed by atoms with Gasteiger partial charge in [0.05, 0.1) is 6.10 Å². The first kappa shape index (κ1) is 16.6. The molecule has 0 bridgehead atoms. The van der Waals surface area contributed by atoms with Crippen LogP contribution in [-0.2, 0) is 25.8 Å². The van der Waals surface area contributed by atoms with Crippen LogP contribution >= 0.6 is 0 Å². The first-order valence-electron chi connectivity index (χ1n) is 6.21. The van der Waals surface area contributed by atoms with E-state index in [0.717, 1.165) is 18.9 Å². The number of likely N-dealkylation sites (tertiary alicyclic amines) is 1. The van der Waals surface area contributed by atoms with E-state index >= 15 is 0 Å². The standard InChI is InChI=1S/C12H25N2O.W/c1-11(2)10-14-7-4-12(5-8-14)15-9-3-6-13;/h11-13H,3-10H2,1-2H3;/q-1;. The van der Waals surface area contributed by atoms with Crippen molar-refractivity contribution in [2.45, 2.75) is 39.2 Å². The number of hydrogen-bond donors (Lipinski definition) is 0. The molecule has 0 spiro atoms. The van der Waals surface area contributed by atoms with Gasteiger partial charge in [-0.15, -0.1) is 6.54 Å². The zero-order valence-electron chi connectivity index (χ0n) is 10.6. The third kappa shape index (κ3) is 7.00. The van der Waals surface area contributed by atoms with Crippen molar-refractivity contribution in [2.24, 2.45) is 5.92 Å². The number of nitrogens with zero attached hydrogens (tertiary/aromatic N) is 1. The summed E-state index contributed by atoms with van der Waals surface area (Å²) in [6.07, 6.45) is 3.68. The van der Waals surface area contributed by atoms with Crippen molar-refractivity contribution in [3.05, 3.63) is 5.73 Å². The summed E-state index contributed by atoms with van der Waals surface area (Å²) in [5.41, 5.74) is 7.04. The van der Waals surface area contributed by atoms with Gasteiger partial charge < -0.3 is 15.4 Å². The van der Waals surface area contributed by atoms with E-state index in [-0.39, 0.29) is 21.1 Å². The number of piperidine rings is 1. The summed E-state index contributed by atoms with van der Waals surface area (Å²) in [5.74, 6) is 0.769. The fourth-order valence-corrected chi connectivity index (χ4v) is 2.10. The third-order valence-corrected chi connectivity index (χ3v) is 2.83. The van der Waals surface area contributed by atoms with E-state index in [9.17, 15) is 0 Å². The van der Waals surface area contributed by atoms with E-state index in [1.807, 2.05) is 0 Å². The van der Waals surface area contributed by atoms with E-state index in [2.05, 4.69) is 18.7 Å². The quantitative estimate of drug-likeness (QED) is 0.647. The predicted octanol–water partition coefficient (Wildman–Crippen LogP) is 2.56. The molecule has 96 valence electrons. The van der Waals surface area contributed by atoms with Crippen LogP contribution in [-0.4, -0.2) is 43.8 Å². The first-order chi connectivity index (χ1) is 7.22. The van der Waals surface area contributed by atoms with Crippen LogP contribution in [0.2, 0.25) is 0 Å². The number of nitrogens with one attached hydrogen (secondary N) is 1. The molecule has 0 radical (unpaired) electrons.